The first-order valence-corrected chi connectivity index (χ1v) is 10.2. The summed E-state index contributed by atoms with van der Waals surface area (Å²) in [5.41, 5.74) is 1.24. The number of fused-ring (bicyclic) bond motifs is 1. The first-order valence-electron chi connectivity index (χ1n) is 10.2. The highest BCUT2D eigenvalue weighted by Crippen LogP contribution is 2.27. The Morgan fingerprint density at radius 3 is 2.52 bits per heavy atom. The van der Waals surface area contributed by atoms with Crippen LogP contribution in [0, 0.1) is 11.6 Å². The van der Waals surface area contributed by atoms with Crippen molar-refractivity contribution in [2.45, 2.75) is 13.3 Å². The van der Waals surface area contributed by atoms with E-state index in [2.05, 4.69) is 5.32 Å². The summed E-state index contributed by atoms with van der Waals surface area (Å²) in [7, 11) is 0. The Morgan fingerprint density at radius 1 is 1.13 bits per heavy atom. The molecule has 0 radical (unpaired) electrons. The lowest BCUT2D eigenvalue weighted by atomic mass is 10.1. The van der Waals surface area contributed by atoms with E-state index in [1.807, 2.05) is 4.90 Å². The quantitative estimate of drug-likeness (QED) is 0.635. The number of pyridine rings is 1. The number of anilines is 1. The summed E-state index contributed by atoms with van der Waals surface area (Å²) < 4.78 is 35.2. The van der Waals surface area contributed by atoms with E-state index in [0.717, 1.165) is 13.1 Å². The minimum Gasteiger partial charge on any atom is -0.466 e. The third-order valence-electron chi connectivity index (χ3n) is 5.35. The molecule has 0 unspecified atom stereocenters. The average Bonchev–Trinajstić information content (AvgIpc) is 2.77. The summed E-state index contributed by atoms with van der Waals surface area (Å²) in [5.74, 6) is -1.43. The van der Waals surface area contributed by atoms with Crippen LogP contribution in [0.25, 0.3) is 16.6 Å². The van der Waals surface area contributed by atoms with Crippen LogP contribution >= 0.6 is 0 Å². The number of aromatic nitrogens is 1. The number of nitrogens with one attached hydrogen (secondary N) is 1. The van der Waals surface area contributed by atoms with Gasteiger partial charge in [0.25, 0.3) is 0 Å². The van der Waals surface area contributed by atoms with E-state index in [9.17, 15) is 14.0 Å². The Hall–Kier alpha value is -3.26. The van der Waals surface area contributed by atoms with Crippen LogP contribution < -0.4 is 15.6 Å². The highest BCUT2D eigenvalue weighted by molar-refractivity contribution is 5.86. The molecule has 0 amide bonds. The fourth-order valence-electron chi connectivity index (χ4n) is 3.85. The molecule has 0 saturated carbocycles. The van der Waals surface area contributed by atoms with Crippen LogP contribution in [0.15, 0.2) is 47.4 Å². The van der Waals surface area contributed by atoms with Gasteiger partial charge in [0.1, 0.15) is 11.6 Å². The van der Waals surface area contributed by atoms with E-state index >= 15 is 4.39 Å². The van der Waals surface area contributed by atoms with Gasteiger partial charge in [0.2, 0.25) is 0 Å². The van der Waals surface area contributed by atoms with Crippen LogP contribution in [-0.2, 0) is 16.0 Å². The summed E-state index contributed by atoms with van der Waals surface area (Å²) in [6.07, 6.45) is 1.32. The predicted octanol–water partition coefficient (Wildman–Crippen LogP) is 2.78. The molecule has 1 aromatic heterocycles. The molecule has 1 N–H and O–H groups in total. The second-order valence-corrected chi connectivity index (χ2v) is 7.37. The summed E-state index contributed by atoms with van der Waals surface area (Å²) in [4.78, 5) is 27.0. The molecule has 0 spiro atoms. The van der Waals surface area contributed by atoms with Crippen LogP contribution in [0.5, 0.6) is 0 Å². The number of piperazine rings is 1. The van der Waals surface area contributed by atoms with Crippen LogP contribution in [0.3, 0.4) is 0 Å². The van der Waals surface area contributed by atoms with Crippen LogP contribution in [0.1, 0.15) is 12.5 Å². The summed E-state index contributed by atoms with van der Waals surface area (Å²) in [6, 6.07) is 8.64. The number of rotatable bonds is 5. The first kappa shape index (κ1) is 21.0. The molecule has 1 fully saturated rings. The molecule has 1 aliphatic rings. The number of halogens is 2. The van der Waals surface area contributed by atoms with Gasteiger partial charge in [0, 0.05) is 49.0 Å². The van der Waals surface area contributed by atoms with E-state index in [4.69, 9.17) is 4.74 Å². The van der Waals surface area contributed by atoms with Crippen molar-refractivity contribution in [3.05, 3.63) is 70.0 Å². The fraction of sp³-hybridized carbons (Fsp3) is 0.304. The largest absolute Gasteiger partial charge is 0.466 e. The molecule has 3 aromatic rings. The molecular formula is C23H23F2N3O3. The Morgan fingerprint density at radius 2 is 1.84 bits per heavy atom. The van der Waals surface area contributed by atoms with Crippen molar-refractivity contribution in [1.82, 2.24) is 9.88 Å². The lowest BCUT2D eigenvalue weighted by Crippen LogP contribution is -2.43. The molecule has 4 rings (SSSR count). The fourth-order valence-corrected chi connectivity index (χ4v) is 3.85. The summed E-state index contributed by atoms with van der Waals surface area (Å²) in [5, 5.41) is 3.39. The van der Waals surface area contributed by atoms with E-state index < -0.39 is 23.0 Å². The van der Waals surface area contributed by atoms with Crippen molar-refractivity contribution in [1.29, 1.82) is 0 Å². The number of ether oxygens (including phenoxy) is 1. The van der Waals surface area contributed by atoms with Crippen LogP contribution in [0.4, 0.5) is 14.5 Å². The second kappa shape index (κ2) is 8.85. The highest BCUT2D eigenvalue weighted by atomic mass is 19.1. The lowest BCUT2D eigenvalue weighted by molar-refractivity contribution is -0.142. The van der Waals surface area contributed by atoms with Crippen LogP contribution in [-0.4, -0.2) is 43.3 Å². The number of esters is 1. The van der Waals surface area contributed by atoms with Gasteiger partial charge >= 0.3 is 5.97 Å². The van der Waals surface area contributed by atoms with Gasteiger partial charge in [0.05, 0.1) is 24.2 Å². The Kier molecular flexibility index (Phi) is 5.99. The maximum atomic E-state index is 15.0. The highest BCUT2D eigenvalue weighted by Gasteiger charge is 2.20. The second-order valence-electron chi connectivity index (χ2n) is 7.37. The van der Waals surface area contributed by atoms with Gasteiger partial charge in [-0.25, -0.2) is 8.78 Å². The smallest absolute Gasteiger partial charge is 0.310 e. The minimum atomic E-state index is -0.539. The molecule has 1 saturated heterocycles. The van der Waals surface area contributed by atoms with Gasteiger partial charge in [-0.05, 0) is 43.3 Å². The van der Waals surface area contributed by atoms with Gasteiger partial charge in [0.15, 0.2) is 5.43 Å². The topological polar surface area (TPSA) is 63.6 Å². The molecule has 0 bridgehead atoms. The third-order valence-corrected chi connectivity index (χ3v) is 5.35. The Bertz CT molecular complexity index is 1170. The van der Waals surface area contributed by atoms with Crippen molar-refractivity contribution in [3.8, 4) is 5.69 Å². The minimum absolute atomic E-state index is 0.155. The number of carbonyl (C=O) groups excluding carboxylic acids is 1. The molecule has 2 heterocycles. The number of nitrogens with zero attached hydrogens (tertiary/aromatic N) is 2. The maximum absolute atomic E-state index is 15.0. The van der Waals surface area contributed by atoms with Gasteiger partial charge in [-0.1, -0.05) is 0 Å². The Labute approximate surface area is 178 Å². The lowest BCUT2D eigenvalue weighted by Gasteiger charge is -2.30. The number of hydrogen-bond donors (Lipinski definition) is 1. The van der Waals surface area contributed by atoms with Gasteiger partial charge in [-0.15, -0.1) is 0 Å². The maximum Gasteiger partial charge on any atom is 0.310 e. The van der Waals surface area contributed by atoms with Crippen LogP contribution in [0.2, 0.25) is 0 Å². The number of carbonyl (C=O) groups is 1. The SMILES string of the molecule is CCOC(=O)Cc1cn(-c2ccc(F)cc2)c2cc(N3CCNCC3)c(F)cc2c1=O. The molecule has 1 aliphatic heterocycles. The van der Waals surface area contributed by atoms with Crippen molar-refractivity contribution < 1.29 is 18.3 Å². The molecule has 0 aliphatic carbocycles. The zero-order chi connectivity index (χ0) is 22.0. The van der Waals surface area contributed by atoms with E-state index in [-0.39, 0.29) is 24.0 Å². The van der Waals surface area contributed by atoms with Crippen molar-refractivity contribution in [3.63, 3.8) is 0 Å². The monoisotopic (exact) mass is 427 g/mol. The van der Waals surface area contributed by atoms with Gasteiger partial charge in [-0.3, -0.25) is 9.59 Å². The van der Waals surface area contributed by atoms with E-state index in [1.165, 1.54) is 18.2 Å². The average molecular weight is 427 g/mol. The Balaban J connectivity index is 1.92. The number of hydrogen-bond acceptors (Lipinski definition) is 5. The molecular weight excluding hydrogens is 404 g/mol. The molecule has 2 aromatic carbocycles. The standard InChI is InChI=1S/C23H23F2N3O3/c1-2-31-22(29)11-15-14-28(17-5-3-16(24)4-6-17)20-13-21(27-9-7-26-8-10-27)19(25)12-18(20)23(15)30/h3-6,12-14,26H,2,7-11H2,1H3. The summed E-state index contributed by atoms with van der Waals surface area (Å²) >= 11 is 0. The first-order chi connectivity index (χ1) is 15.0. The zero-order valence-corrected chi connectivity index (χ0v) is 17.2. The third kappa shape index (κ3) is 4.29. The molecule has 0 atom stereocenters. The predicted molar refractivity (Wildman–Crippen MR) is 115 cm³/mol. The van der Waals surface area contributed by atoms with Gasteiger partial charge < -0.3 is 19.5 Å². The van der Waals surface area contributed by atoms with Crippen molar-refractivity contribution in [2.75, 3.05) is 37.7 Å². The number of benzene rings is 2. The zero-order valence-electron chi connectivity index (χ0n) is 17.2. The molecule has 162 valence electrons. The van der Waals surface area contributed by atoms with Gasteiger partial charge in [-0.2, -0.15) is 0 Å². The summed E-state index contributed by atoms with van der Waals surface area (Å²) in [6.45, 7) is 4.64. The van der Waals surface area contributed by atoms with Crippen molar-refractivity contribution in [2.24, 2.45) is 0 Å². The molecule has 31 heavy (non-hydrogen) atoms. The van der Waals surface area contributed by atoms with E-state index in [0.29, 0.717) is 30.0 Å². The molecule has 8 heteroatoms. The van der Waals surface area contributed by atoms with E-state index in [1.54, 1.807) is 35.9 Å². The van der Waals surface area contributed by atoms with Crippen molar-refractivity contribution >= 4 is 22.6 Å². The molecule has 6 nitrogen and oxygen atoms in total. The normalized spacial score (nSPS) is 14.1.